The first-order chi connectivity index (χ1) is 8.46. The van der Waals surface area contributed by atoms with Gasteiger partial charge in [0.05, 0.1) is 0 Å². The second-order valence-electron chi connectivity index (χ2n) is 6.10. The molecule has 0 spiro atoms. The summed E-state index contributed by atoms with van der Waals surface area (Å²) in [6.45, 7) is 7.98. The highest BCUT2D eigenvalue weighted by atomic mass is 16.3. The van der Waals surface area contributed by atoms with Crippen molar-refractivity contribution in [3.05, 3.63) is 29.3 Å². The van der Waals surface area contributed by atoms with Gasteiger partial charge in [0.15, 0.2) is 0 Å². The van der Waals surface area contributed by atoms with Crippen LogP contribution in [0.2, 0.25) is 0 Å². The maximum atomic E-state index is 9.74. The van der Waals surface area contributed by atoms with Gasteiger partial charge in [-0.2, -0.15) is 0 Å². The van der Waals surface area contributed by atoms with Crippen LogP contribution in [0.1, 0.15) is 44.7 Å². The maximum Gasteiger partial charge on any atom is 0.115 e. The number of likely N-dealkylation sites (N-methyl/N-ethyl adjacent to an activating group) is 1. The van der Waals surface area contributed by atoms with E-state index in [0.29, 0.717) is 11.8 Å². The summed E-state index contributed by atoms with van der Waals surface area (Å²) in [6, 6.07) is 6.42. The lowest BCUT2D eigenvalue weighted by molar-refractivity contribution is 0.146. The Balaban J connectivity index is 2.35. The van der Waals surface area contributed by atoms with Gasteiger partial charge >= 0.3 is 0 Å². The van der Waals surface area contributed by atoms with E-state index >= 15 is 0 Å². The zero-order valence-electron chi connectivity index (χ0n) is 12.0. The molecule has 0 amide bonds. The third kappa shape index (κ3) is 2.26. The van der Waals surface area contributed by atoms with E-state index in [4.69, 9.17) is 0 Å². The van der Waals surface area contributed by atoms with E-state index in [1.165, 1.54) is 24.0 Å². The van der Waals surface area contributed by atoms with Crippen molar-refractivity contribution < 1.29 is 5.11 Å². The molecule has 1 aliphatic carbocycles. The number of aryl methyl sites for hydroxylation is 1. The molecule has 18 heavy (non-hydrogen) atoms. The van der Waals surface area contributed by atoms with Crippen LogP contribution in [0.25, 0.3) is 0 Å². The Kier molecular flexibility index (Phi) is 3.67. The number of benzene rings is 1. The van der Waals surface area contributed by atoms with Crippen LogP contribution in [0, 0.1) is 0 Å². The van der Waals surface area contributed by atoms with Crippen molar-refractivity contribution in [1.82, 2.24) is 4.90 Å². The fraction of sp³-hybridized carbons (Fsp3) is 0.625. The zero-order chi connectivity index (χ0) is 13.3. The van der Waals surface area contributed by atoms with Crippen LogP contribution < -0.4 is 0 Å². The number of hydrogen-bond donors (Lipinski definition) is 1. The molecule has 0 fully saturated rings. The minimum atomic E-state index is 0.107. The molecule has 0 aliphatic heterocycles. The lowest BCUT2D eigenvalue weighted by atomic mass is 9.68. The maximum absolute atomic E-state index is 9.74. The molecule has 0 aromatic heterocycles. The first-order valence-corrected chi connectivity index (χ1v) is 6.99. The lowest BCUT2D eigenvalue weighted by Gasteiger charge is -2.45. The van der Waals surface area contributed by atoms with E-state index in [0.717, 1.165) is 13.0 Å². The number of phenolic OH excluding ortho intramolecular Hbond substituents is 1. The van der Waals surface area contributed by atoms with Gasteiger partial charge in [0.25, 0.3) is 0 Å². The molecule has 0 bridgehead atoms. The Labute approximate surface area is 111 Å². The van der Waals surface area contributed by atoms with E-state index in [1.807, 2.05) is 12.1 Å². The Hall–Kier alpha value is -1.02. The van der Waals surface area contributed by atoms with E-state index in [2.05, 4.69) is 38.8 Å². The highest BCUT2D eigenvalue weighted by Gasteiger charge is 2.38. The third-order valence-corrected chi connectivity index (χ3v) is 4.42. The van der Waals surface area contributed by atoms with Crippen LogP contribution >= 0.6 is 0 Å². The Morgan fingerprint density at radius 2 is 2.11 bits per heavy atom. The van der Waals surface area contributed by atoms with Crippen molar-refractivity contribution in [1.29, 1.82) is 0 Å². The second kappa shape index (κ2) is 4.93. The van der Waals surface area contributed by atoms with Crippen molar-refractivity contribution in [3.63, 3.8) is 0 Å². The van der Waals surface area contributed by atoms with Crippen LogP contribution in [-0.2, 0) is 11.8 Å². The number of aromatic hydroxyl groups is 1. The summed E-state index contributed by atoms with van der Waals surface area (Å²) in [5.74, 6) is 0.389. The highest BCUT2D eigenvalue weighted by molar-refractivity contribution is 5.42. The topological polar surface area (TPSA) is 23.5 Å². The summed E-state index contributed by atoms with van der Waals surface area (Å²) in [4.78, 5) is 2.48. The molecule has 0 saturated heterocycles. The van der Waals surface area contributed by atoms with Crippen molar-refractivity contribution in [3.8, 4) is 5.75 Å². The van der Waals surface area contributed by atoms with Gasteiger partial charge in [-0.25, -0.2) is 0 Å². The average molecular weight is 247 g/mol. The SMILES string of the molecule is CCCN(C)[C@@H]1CCc2ccc(O)cc2C1(C)C. The van der Waals surface area contributed by atoms with Gasteiger partial charge in [0, 0.05) is 11.5 Å². The fourth-order valence-corrected chi connectivity index (χ4v) is 3.49. The van der Waals surface area contributed by atoms with Crippen molar-refractivity contribution in [2.24, 2.45) is 0 Å². The van der Waals surface area contributed by atoms with Crippen molar-refractivity contribution in [2.45, 2.75) is 51.5 Å². The number of rotatable bonds is 3. The largest absolute Gasteiger partial charge is 0.508 e. The molecule has 0 saturated carbocycles. The molecular weight excluding hydrogens is 222 g/mol. The van der Waals surface area contributed by atoms with Gasteiger partial charge in [-0.3, -0.25) is 0 Å². The van der Waals surface area contributed by atoms with Gasteiger partial charge < -0.3 is 10.0 Å². The third-order valence-electron chi connectivity index (χ3n) is 4.42. The van der Waals surface area contributed by atoms with Gasteiger partial charge in [-0.1, -0.05) is 26.8 Å². The second-order valence-corrected chi connectivity index (χ2v) is 6.10. The van der Waals surface area contributed by atoms with Crippen LogP contribution in [-0.4, -0.2) is 29.6 Å². The number of fused-ring (bicyclic) bond motifs is 1. The molecule has 0 radical (unpaired) electrons. The summed E-state index contributed by atoms with van der Waals surface area (Å²) < 4.78 is 0. The quantitative estimate of drug-likeness (QED) is 0.885. The molecular formula is C16H25NO. The summed E-state index contributed by atoms with van der Waals surface area (Å²) in [7, 11) is 2.23. The molecule has 100 valence electrons. The zero-order valence-corrected chi connectivity index (χ0v) is 12.0. The molecule has 2 nitrogen and oxygen atoms in total. The monoisotopic (exact) mass is 247 g/mol. The average Bonchev–Trinajstić information content (AvgIpc) is 2.30. The smallest absolute Gasteiger partial charge is 0.115 e. The van der Waals surface area contributed by atoms with Crippen LogP contribution in [0.15, 0.2) is 18.2 Å². The molecule has 1 N–H and O–H groups in total. The van der Waals surface area contributed by atoms with Crippen LogP contribution in [0.5, 0.6) is 5.75 Å². The molecule has 1 aromatic rings. The summed E-state index contributed by atoms with van der Waals surface area (Å²) >= 11 is 0. The fourth-order valence-electron chi connectivity index (χ4n) is 3.49. The first-order valence-electron chi connectivity index (χ1n) is 6.99. The predicted octanol–water partition coefficient (Wildman–Crippen LogP) is 3.33. The molecule has 2 heteroatoms. The van der Waals surface area contributed by atoms with Gasteiger partial charge in [-0.15, -0.1) is 0 Å². The predicted molar refractivity (Wildman–Crippen MR) is 76.2 cm³/mol. The van der Waals surface area contributed by atoms with E-state index in [9.17, 15) is 5.11 Å². The minimum Gasteiger partial charge on any atom is -0.508 e. The lowest BCUT2D eigenvalue weighted by Crippen LogP contribution is -2.49. The highest BCUT2D eigenvalue weighted by Crippen LogP contribution is 2.40. The number of phenols is 1. The number of hydrogen-bond acceptors (Lipinski definition) is 2. The van der Waals surface area contributed by atoms with E-state index in [1.54, 1.807) is 0 Å². The first kappa shape index (κ1) is 13.4. The Bertz CT molecular complexity index is 425. The Morgan fingerprint density at radius 3 is 2.78 bits per heavy atom. The van der Waals surface area contributed by atoms with Gasteiger partial charge in [0.1, 0.15) is 5.75 Å². The normalized spacial score (nSPS) is 21.9. The van der Waals surface area contributed by atoms with Gasteiger partial charge in [-0.05, 0) is 56.1 Å². The minimum absolute atomic E-state index is 0.107. The van der Waals surface area contributed by atoms with E-state index < -0.39 is 0 Å². The molecule has 1 atom stereocenters. The van der Waals surface area contributed by atoms with Crippen LogP contribution in [0.4, 0.5) is 0 Å². The summed E-state index contributed by atoms with van der Waals surface area (Å²) in [5.41, 5.74) is 2.83. The summed E-state index contributed by atoms with van der Waals surface area (Å²) in [6.07, 6.45) is 3.52. The standard InChI is InChI=1S/C16H25NO/c1-5-10-17(4)15-9-7-12-6-8-13(18)11-14(12)16(15,2)3/h6,8,11,15,18H,5,7,9-10H2,1-4H3/t15-/m1/s1. The molecule has 0 heterocycles. The molecule has 2 rings (SSSR count). The molecule has 1 aliphatic rings. The van der Waals surface area contributed by atoms with Crippen molar-refractivity contribution in [2.75, 3.05) is 13.6 Å². The van der Waals surface area contributed by atoms with Gasteiger partial charge in [0.2, 0.25) is 0 Å². The van der Waals surface area contributed by atoms with Crippen LogP contribution in [0.3, 0.4) is 0 Å². The summed E-state index contributed by atoms with van der Waals surface area (Å²) in [5, 5.41) is 9.74. The molecule has 0 unspecified atom stereocenters. The van der Waals surface area contributed by atoms with E-state index in [-0.39, 0.29) is 5.41 Å². The molecule has 1 aromatic carbocycles. The number of nitrogens with zero attached hydrogens (tertiary/aromatic N) is 1. The Morgan fingerprint density at radius 1 is 1.39 bits per heavy atom. The van der Waals surface area contributed by atoms with Crippen molar-refractivity contribution >= 4 is 0 Å².